The van der Waals surface area contributed by atoms with Crippen LogP contribution in [0.25, 0.3) is 0 Å². The molecule has 5 nitrogen and oxygen atoms in total. The highest BCUT2D eigenvalue weighted by atomic mass is 19.4. The first-order chi connectivity index (χ1) is 15.6. The van der Waals surface area contributed by atoms with Crippen LogP contribution in [0.15, 0.2) is 42.5 Å². The number of aliphatic hydroxyl groups is 1. The second-order valence-electron chi connectivity index (χ2n) is 8.53. The van der Waals surface area contributed by atoms with Gasteiger partial charge in [-0.2, -0.15) is 13.2 Å². The molecule has 0 aromatic heterocycles. The Labute approximate surface area is 187 Å². The summed E-state index contributed by atoms with van der Waals surface area (Å²) in [6.07, 6.45) is -5.77. The lowest BCUT2D eigenvalue weighted by Gasteiger charge is -2.38. The van der Waals surface area contributed by atoms with Crippen molar-refractivity contribution in [2.45, 2.75) is 37.2 Å². The summed E-state index contributed by atoms with van der Waals surface area (Å²) >= 11 is 0. The van der Waals surface area contributed by atoms with E-state index in [9.17, 15) is 31.9 Å². The lowest BCUT2D eigenvalue weighted by molar-refractivity contribution is -0.131. The molecule has 10 heteroatoms. The molecule has 1 atom stereocenters. The summed E-state index contributed by atoms with van der Waals surface area (Å²) in [6, 6.07) is 11.8. The maximum Gasteiger partial charge on any atom is 0.401 e. The number of amides is 1. The Morgan fingerprint density at radius 1 is 1.06 bits per heavy atom. The second-order valence-corrected chi connectivity index (χ2v) is 8.53. The molecule has 2 aliphatic heterocycles. The summed E-state index contributed by atoms with van der Waals surface area (Å²) < 4.78 is 66.5. The van der Waals surface area contributed by atoms with Crippen LogP contribution in [0, 0.1) is 11.6 Å². The highest BCUT2D eigenvalue weighted by molar-refractivity contribution is 6.08. The number of anilines is 1. The minimum Gasteiger partial charge on any atom is -0.377 e. The van der Waals surface area contributed by atoms with Crippen molar-refractivity contribution < 1.29 is 31.9 Å². The van der Waals surface area contributed by atoms with Crippen molar-refractivity contribution in [3.8, 4) is 0 Å². The van der Waals surface area contributed by atoms with E-state index in [4.69, 9.17) is 0 Å². The summed E-state index contributed by atoms with van der Waals surface area (Å²) in [6.45, 7) is -0.395. The van der Waals surface area contributed by atoms with Gasteiger partial charge in [-0.25, -0.2) is 8.78 Å². The van der Waals surface area contributed by atoms with E-state index < -0.39 is 48.5 Å². The Morgan fingerprint density at radius 2 is 1.73 bits per heavy atom. The van der Waals surface area contributed by atoms with E-state index >= 15 is 0 Å². The van der Waals surface area contributed by atoms with Crippen LogP contribution in [0.5, 0.6) is 0 Å². The van der Waals surface area contributed by atoms with Gasteiger partial charge in [-0.3, -0.25) is 15.0 Å². The number of likely N-dealkylation sites (tertiary alicyclic amines) is 1. The Hall–Kier alpha value is -2.56. The Bertz CT molecular complexity index is 1010. The number of carbonyl (C=O) groups is 1. The third-order valence-corrected chi connectivity index (χ3v) is 6.35. The predicted octanol–water partition coefficient (Wildman–Crippen LogP) is 3.32. The van der Waals surface area contributed by atoms with Gasteiger partial charge in [0.05, 0.1) is 24.2 Å². The number of rotatable bonds is 6. The largest absolute Gasteiger partial charge is 0.401 e. The van der Waals surface area contributed by atoms with Crippen LogP contribution < -0.4 is 10.2 Å². The number of alkyl halides is 3. The molecule has 178 valence electrons. The van der Waals surface area contributed by atoms with Gasteiger partial charge in [0, 0.05) is 12.1 Å². The Morgan fingerprint density at radius 3 is 2.36 bits per heavy atom. The summed E-state index contributed by atoms with van der Waals surface area (Å²) in [7, 11) is 0. The Balaban J connectivity index is 1.56. The molecule has 2 heterocycles. The van der Waals surface area contributed by atoms with Gasteiger partial charge in [0.2, 0.25) is 5.91 Å². The molecule has 4 rings (SSSR count). The molecular weight excluding hydrogens is 445 g/mol. The van der Waals surface area contributed by atoms with Crippen molar-refractivity contribution in [3.05, 3.63) is 65.2 Å². The average Bonchev–Trinajstić information content (AvgIpc) is 3.00. The van der Waals surface area contributed by atoms with E-state index in [-0.39, 0.29) is 24.1 Å². The van der Waals surface area contributed by atoms with Crippen molar-refractivity contribution in [3.63, 3.8) is 0 Å². The van der Waals surface area contributed by atoms with Gasteiger partial charge in [-0.1, -0.05) is 30.3 Å². The van der Waals surface area contributed by atoms with E-state index in [1.165, 1.54) is 6.07 Å². The number of nitrogens with zero attached hydrogens (tertiary/aromatic N) is 2. The smallest absolute Gasteiger partial charge is 0.377 e. The number of hydrogen-bond donors (Lipinski definition) is 2. The van der Waals surface area contributed by atoms with Crippen LogP contribution >= 0.6 is 0 Å². The van der Waals surface area contributed by atoms with E-state index in [0.29, 0.717) is 19.6 Å². The minimum absolute atomic E-state index is 0.0742. The fraction of sp³-hybridized carbons (Fsp3) is 0.435. The first-order valence-electron chi connectivity index (χ1n) is 10.7. The summed E-state index contributed by atoms with van der Waals surface area (Å²) in [4.78, 5) is 16.6. The summed E-state index contributed by atoms with van der Waals surface area (Å²) in [5.74, 6) is -2.75. The van der Waals surface area contributed by atoms with Crippen LogP contribution in [0.1, 0.15) is 24.0 Å². The second kappa shape index (κ2) is 9.00. The van der Waals surface area contributed by atoms with Crippen molar-refractivity contribution >= 4 is 11.6 Å². The SMILES string of the molecule is O=C1N(CC(O)NCC(F)(F)F)c2ccc(F)c(F)c2C12CCN(Cc1ccccc1)CC2. The van der Waals surface area contributed by atoms with E-state index in [1.807, 2.05) is 35.6 Å². The van der Waals surface area contributed by atoms with Gasteiger partial charge in [-0.05, 0) is 43.6 Å². The first-order valence-corrected chi connectivity index (χ1v) is 10.7. The molecule has 2 aromatic rings. The molecule has 1 spiro atoms. The maximum atomic E-state index is 15.0. The fourth-order valence-corrected chi connectivity index (χ4v) is 4.75. The molecule has 2 aliphatic rings. The van der Waals surface area contributed by atoms with Crippen molar-refractivity contribution in [2.24, 2.45) is 0 Å². The fourth-order valence-electron chi connectivity index (χ4n) is 4.75. The normalized spacial score (nSPS) is 19.2. The van der Waals surface area contributed by atoms with Crippen LogP contribution in [0.4, 0.5) is 27.6 Å². The van der Waals surface area contributed by atoms with Crippen LogP contribution in [0.2, 0.25) is 0 Å². The number of halogens is 5. The van der Waals surface area contributed by atoms with Crippen molar-refractivity contribution in [1.29, 1.82) is 0 Å². The van der Waals surface area contributed by atoms with Crippen molar-refractivity contribution in [2.75, 3.05) is 31.1 Å². The zero-order chi connectivity index (χ0) is 23.8. The highest BCUT2D eigenvalue weighted by Crippen LogP contribution is 2.49. The van der Waals surface area contributed by atoms with Gasteiger partial charge in [-0.15, -0.1) is 0 Å². The number of fused-ring (bicyclic) bond motifs is 2. The maximum absolute atomic E-state index is 15.0. The monoisotopic (exact) mass is 469 g/mol. The molecule has 0 saturated carbocycles. The molecular formula is C23H24F5N3O2. The molecule has 1 fully saturated rings. The molecule has 0 radical (unpaired) electrons. The van der Waals surface area contributed by atoms with Gasteiger partial charge in [0.25, 0.3) is 0 Å². The van der Waals surface area contributed by atoms with Crippen molar-refractivity contribution in [1.82, 2.24) is 10.2 Å². The van der Waals surface area contributed by atoms with Gasteiger partial charge in [0.15, 0.2) is 11.6 Å². The lowest BCUT2D eigenvalue weighted by Crippen LogP contribution is -2.51. The molecule has 2 N–H and O–H groups in total. The molecule has 0 bridgehead atoms. The van der Waals surface area contributed by atoms with Crippen LogP contribution in [-0.2, 0) is 16.8 Å². The molecule has 2 aromatic carbocycles. The number of carbonyl (C=O) groups excluding carboxylic acids is 1. The standard InChI is InChI=1S/C23H24F5N3O2/c24-16-6-7-17-19(20(16)25)22(21(33)31(17)13-18(32)29-14-23(26,27)28)8-10-30(11-9-22)12-15-4-2-1-3-5-15/h1-7,18,29,32H,8-14H2. The van der Waals surface area contributed by atoms with E-state index in [1.54, 1.807) is 0 Å². The first kappa shape index (κ1) is 23.6. The number of piperidine rings is 1. The number of nitrogens with one attached hydrogen (secondary N) is 1. The topological polar surface area (TPSA) is 55.8 Å². The molecule has 33 heavy (non-hydrogen) atoms. The number of aliphatic hydroxyl groups excluding tert-OH is 1. The number of benzene rings is 2. The molecule has 0 aliphatic carbocycles. The zero-order valence-electron chi connectivity index (χ0n) is 17.7. The number of β-amino-alcohol motifs (C(OH)–C–C–N with tert-alkyl or cyclic N) is 1. The number of hydrogen-bond acceptors (Lipinski definition) is 4. The Kier molecular flexibility index (Phi) is 6.43. The third-order valence-electron chi connectivity index (χ3n) is 6.35. The molecule has 1 saturated heterocycles. The van der Waals surface area contributed by atoms with Crippen LogP contribution in [-0.4, -0.2) is 54.5 Å². The van der Waals surface area contributed by atoms with Crippen LogP contribution in [0.3, 0.4) is 0 Å². The lowest BCUT2D eigenvalue weighted by atomic mass is 9.73. The zero-order valence-corrected chi connectivity index (χ0v) is 17.7. The van der Waals surface area contributed by atoms with E-state index in [0.717, 1.165) is 16.5 Å². The average molecular weight is 469 g/mol. The van der Waals surface area contributed by atoms with E-state index in [2.05, 4.69) is 4.90 Å². The highest BCUT2D eigenvalue weighted by Gasteiger charge is 2.54. The quantitative estimate of drug-likeness (QED) is 0.504. The summed E-state index contributed by atoms with van der Waals surface area (Å²) in [5, 5.41) is 12.0. The minimum atomic E-state index is -4.55. The van der Waals surface area contributed by atoms with Gasteiger partial charge >= 0.3 is 6.18 Å². The molecule has 1 unspecified atom stereocenters. The predicted molar refractivity (Wildman–Crippen MR) is 111 cm³/mol. The van der Waals surface area contributed by atoms with Gasteiger partial charge in [0.1, 0.15) is 6.23 Å². The third kappa shape index (κ3) is 4.73. The van der Waals surface area contributed by atoms with Gasteiger partial charge < -0.3 is 10.0 Å². The summed E-state index contributed by atoms with van der Waals surface area (Å²) in [5.41, 5.74) is -0.221. The molecule has 1 amide bonds.